The van der Waals surface area contributed by atoms with Gasteiger partial charge >= 0.3 is 0 Å². The Hall–Kier alpha value is -0.860. The van der Waals surface area contributed by atoms with Crippen molar-refractivity contribution in [1.82, 2.24) is 5.32 Å². The molecule has 98 valence electrons. The summed E-state index contributed by atoms with van der Waals surface area (Å²) in [7, 11) is 0. The summed E-state index contributed by atoms with van der Waals surface area (Å²) in [6.45, 7) is 3.93. The third-order valence-electron chi connectivity index (χ3n) is 4.25. The molecule has 18 heavy (non-hydrogen) atoms. The van der Waals surface area contributed by atoms with Crippen LogP contribution < -0.4 is 5.32 Å². The highest BCUT2D eigenvalue weighted by atomic mass is 16.5. The van der Waals surface area contributed by atoms with Gasteiger partial charge in [-0.05, 0) is 55.7 Å². The lowest BCUT2D eigenvalue weighted by molar-refractivity contribution is -0.0102. The van der Waals surface area contributed by atoms with E-state index in [2.05, 4.69) is 30.4 Å². The second kappa shape index (κ2) is 5.41. The van der Waals surface area contributed by atoms with Gasteiger partial charge in [-0.3, -0.25) is 0 Å². The maximum Gasteiger partial charge on any atom is 0.0604 e. The van der Waals surface area contributed by atoms with Crippen LogP contribution in [0.25, 0.3) is 0 Å². The van der Waals surface area contributed by atoms with E-state index in [-0.39, 0.29) is 0 Å². The Labute approximate surface area is 110 Å². The predicted octanol–water partition coefficient (Wildman–Crippen LogP) is 2.83. The molecule has 1 N–H and O–H groups in total. The highest BCUT2D eigenvalue weighted by Gasteiger charge is 2.28. The minimum absolute atomic E-state index is 0.507. The summed E-state index contributed by atoms with van der Waals surface area (Å²) in [6.07, 6.45) is 6.76. The van der Waals surface area contributed by atoms with E-state index < -0.39 is 0 Å². The molecule has 0 bridgehead atoms. The van der Waals surface area contributed by atoms with Crippen LogP contribution in [0.2, 0.25) is 0 Å². The number of fused-ring (bicyclic) bond motifs is 1. The molecular formula is C16H23NO. The smallest absolute Gasteiger partial charge is 0.0604 e. The quantitative estimate of drug-likeness (QED) is 0.861. The Kier molecular flexibility index (Phi) is 3.67. The maximum atomic E-state index is 5.58. The lowest BCUT2D eigenvalue weighted by Crippen LogP contribution is -2.45. The molecule has 0 unspecified atom stereocenters. The van der Waals surface area contributed by atoms with Crippen molar-refractivity contribution in [3.63, 3.8) is 0 Å². The number of hydrogen-bond donors (Lipinski definition) is 1. The van der Waals surface area contributed by atoms with E-state index in [1.165, 1.54) is 37.7 Å². The molecule has 0 saturated heterocycles. The topological polar surface area (TPSA) is 21.3 Å². The Morgan fingerprint density at radius 1 is 1.22 bits per heavy atom. The molecule has 0 aliphatic heterocycles. The zero-order valence-corrected chi connectivity index (χ0v) is 11.2. The molecule has 3 rings (SSSR count). The molecule has 0 heterocycles. The average molecular weight is 245 g/mol. The van der Waals surface area contributed by atoms with E-state index in [0.29, 0.717) is 12.1 Å². The minimum Gasteiger partial charge on any atom is -0.378 e. The number of nitrogens with one attached hydrogen (secondary N) is 1. The van der Waals surface area contributed by atoms with Gasteiger partial charge in [0.15, 0.2) is 0 Å². The summed E-state index contributed by atoms with van der Waals surface area (Å²) < 4.78 is 5.58. The van der Waals surface area contributed by atoms with Crippen LogP contribution in [-0.2, 0) is 24.1 Å². The van der Waals surface area contributed by atoms with Crippen LogP contribution in [0.15, 0.2) is 18.2 Å². The van der Waals surface area contributed by atoms with Crippen LogP contribution in [0.4, 0.5) is 0 Å². The third-order valence-corrected chi connectivity index (χ3v) is 4.25. The standard InChI is InChI=1S/C16H23NO/c1-2-18-16-9-15(10-16)17-11-12-6-7-13-4-3-5-14(13)8-12/h6-8,15-17H,2-5,9-11H2,1H3. The monoisotopic (exact) mass is 245 g/mol. The third kappa shape index (κ3) is 2.60. The fraction of sp³-hybridized carbons (Fsp3) is 0.625. The van der Waals surface area contributed by atoms with Crippen molar-refractivity contribution in [3.8, 4) is 0 Å². The van der Waals surface area contributed by atoms with Crippen LogP contribution in [-0.4, -0.2) is 18.8 Å². The van der Waals surface area contributed by atoms with E-state index >= 15 is 0 Å². The normalized spacial score (nSPS) is 25.8. The molecule has 0 spiro atoms. The molecule has 1 saturated carbocycles. The van der Waals surface area contributed by atoms with Crippen molar-refractivity contribution in [2.45, 2.75) is 57.7 Å². The molecule has 2 aliphatic rings. The van der Waals surface area contributed by atoms with Crippen LogP contribution in [0.1, 0.15) is 42.9 Å². The Balaban J connectivity index is 1.47. The van der Waals surface area contributed by atoms with E-state index in [1.54, 1.807) is 11.1 Å². The van der Waals surface area contributed by atoms with Crippen LogP contribution in [0.5, 0.6) is 0 Å². The number of rotatable bonds is 5. The molecule has 1 aromatic rings. The number of hydrogen-bond acceptors (Lipinski definition) is 2. The van der Waals surface area contributed by atoms with Gasteiger partial charge in [-0.1, -0.05) is 18.2 Å². The molecule has 1 aromatic carbocycles. The second-order valence-corrected chi connectivity index (χ2v) is 5.58. The van der Waals surface area contributed by atoms with Crippen LogP contribution >= 0.6 is 0 Å². The van der Waals surface area contributed by atoms with Gasteiger partial charge in [-0.25, -0.2) is 0 Å². The fourth-order valence-electron chi connectivity index (χ4n) is 3.10. The van der Waals surface area contributed by atoms with Gasteiger partial charge in [0.1, 0.15) is 0 Å². The Bertz CT molecular complexity index is 410. The second-order valence-electron chi connectivity index (χ2n) is 5.58. The van der Waals surface area contributed by atoms with Crippen molar-refractivity contribution in [1.29, 1.82) is 0 Å². The maximum absolute atomic E-state index is 5.58. The Morgan fingerprint density at radius 3 is 2.89 bits per heavy atom. The van der Waals surface area contributed by atoms with Gasteiger partial charge in [0.05, 0.1) is 6.10 Å². The van der Waals surface area contributed by atoms with Crippen molar-refractivity contribution in [3.05, 3.63) is 34.9 Å². The van der Waals surface area contributed by atoms with E-state index in [0.717, 1.165) is 13.2 Å². The summed E-state index contributed by atoms with van der Waals surface area (Å²) in [4.78, 5) is 0. The zero-order chi connectivity index (χ0) is 12.4. The van der Waals surface area contributed by atoms with E-state index in [1.807, 2.05) is 0 Å². The van der Waals surface area contributed by atoms with Crippen molar-refractivity contribution < 1.29 is 4.74 Å². The summed E-state index contributed by atoms with van der Waals surface area (Å²) in [5.74, 6) is 0. The SMILES string of the molecule is CCOC1CC(NCc2ccc3c(c2)CCC3)C1. The first-order valence-electron chi connectivity index (χ1n) is 7.31. The van der Waals surface area contributed by atoms with Gasteiger partial charge < -0.3 is 10.1 Å². The minimum atomic E-state index is 0.507. The molecule has 2 aliphatic carbocycles. The zero-order valence-electron chi connectivity index (χ0n) is 11.2. The first kappa shape index (κ1) is 12.2. The highest BCUT2D eigenvalue weighted by molar-refractivity contribution is 5.35. The van der Waals surface area contributed by atoms with E-state index in [9.17, 15) is 0 Å². The average Bonchev–Trinajstić information content (AvgIpc) is 2.79. The molecule has 1 fully saturated rings. The van der Waals surface area contributed by atoms with Gasteiger partial charge in [0.25, 0.3) is 0 Å². The molecule has 0 atom stereocenters. The number of aryl methyl sites for hydroxylation is 2. The summed E-state index contributed by atoms with van der Waals surface area (Å²) in [5.41, 5.74) is 4.59. The first-order valence-corrected chi connectivity index (χ1v) is 7.31. The Morgan fingerprint density at radius 2 is 2.06 bits per heavy atom. The molecule has 0 aromatic heterocycles. The number of benzene rings is 1. The van der Waals surface area contributed by atoms with Crippen molar-refractivity contribution >= 4 is 0 Å². The van der Waals surface area contributed by atoms with E-state index in [4.69, 9.17) is 4.74 Å². The molecule has 2 nitrogen and oxygen atoms in total. The van der Waals surface area contributed by atoms with Crippen molar-refractivity contribution in [2.24, 2.45) is 0 Å². The fourth-order valence-corrected chi connectivity index (χ4v) is 3.10. The lowest BCUT2D eigenvalue weighted by Gasteiger charge is -2.35. The summed E-state index contributed by atoms with van der Waals surface area (Å²) in [6, 6.07) is 7.67. The first-order chi connectivity index (χ1) is 8.85. The molecule has 0 radical (unpaired) electrons. The summed E-state index contributed by atoms with van der Waals surface area (Å²) >= 11 is 0. The van der Waals surface area contributed by atoms with Gasteiger partial charge in [-0.2, -0.15) is 0 Å². The predicted molar refractivity (Wildman–Crippen MR) is 73.7 cm³/mol. The van der Waals surface area contributed by atoms with Gasteiger partial charge in [0, 0.05) is 19.2 Å². The summed E-state index contributed by atoms with van der Waals surface area (Å²) in [5, 5.41) is 3.63. The molecule has 0 amide bonds. The van der Waals surface area contributed by atoms with Crippen molar-refractivity contribution in [2.75, 3.05) is 6.61 Å². The molecule has 2 heteroatoms. The molecular weight excluding hydrogens is 222 g/mol. The van der Waals surface area contributed by atoms with Crippen LogP contribution in [0.3, 0.4) is 0 Å². The largest absolute Gasteiger partial charge is 0.378 e. The number of ether oxygens (including phenoxy) is 1. The van der Waals surface area contributed by atoms with Gasteiger partial charge in [0.2, 0.25) is 0 Å². The van der Waals surface area contributed by atoms with Crippen LogP contribution in [0, 0.1) is 0 Å². The van der Waals surface area contributed by atoms with Gasteiger partial charge in [-0.15, -0.1) is 0 Å². The lowest BCUT2D eigenvalue weighted by atomic mass is 9.89. The highest BCUT2D eigenvalue weighted by Crippen LogP contribution is 2.25.